The number of piperidine rings is 1. The summed E-state index contributed by atoms with van der Waals surface area (Å²) >= 11 is 1.49. The first kappa shape index (κ1) is 23.2. The van der Waals surface area contributed by atoms with E-state index < -0.39 is 11.9 Å². The third kappa shape index (κ3) is 4.01. The molecule has 3 aromatic rings. The number of anilines is 1. The Labute approximate surface area is 214 Å². The SMILES string of the molecule is O=C1CCC(N2Cc3c(NC=C4C(=O)CC(c5ncnc6sccc56)CC4=O)cccc3C2=O)C(=O)N1. The fourth-order valence-corrected chi connectivity index (χ4v) is 6.00. The van der Waals surface area contributed by atoms with Crippen LogP contribution in [-0.4, -0.2) is 50.2 Å². The average Bonchev–Trinajstić information content (AvgIpc) is 3.48. The van der Waals surface area contributed by atoms with Crippen molar-refractivity contribution < 1.29 is 24.0 Å². The zero-order chi connectivity index (χ0) is 25.7. The second-order valence-electron chi connectivity index (χ2n) is 9.28. The van der Waals surface area contributed by atoms with Gasteiger partial charge >= 0.3 is 0 Å². The molecule has 186 valence electrons. The van der Waals surface area contributed by atoms with Crippen molar-refractivity contribution in [1.29, 1.82) is 0 Å². The van der Waals surface area contributed by atoms with Crippen molar-refractivity contribution in [3.63, 3.8) is 0 Å². The van der Waals surface area contributed by atoms with Crippen LogP contribution in [0.3, 0.4) is 0 Å². The van der Waals surface area contributed by atoms with Crippen LogP contribution in [0.25, 0.3) is 10.2 Å². The Morgan fingerprint density at radius 2 is 1.86 bits per heavy atom. The highest BCUT2D eigenvalue weighted by Crippen LogP contribution is 2.36. The highest BCUT2D eigenvalue weighted by Gasteiger charge is 2.40. The number of amides is 3. The van der Waals surface area contributed by atoms with Gasteiger partial charge in [0.05, 0.1) is 11.3 Å². The van der Waals surface area contributed by atoms with Crippen molar-refractivity contribution in [2.45, 2.75) is 44.2 Å². The average molecular weight is 516 g/mol. The highest BCUT2D eigenvalue weighted by atomic mass is 32.1. The summed E-state index contributed by atoms with van der Waals surface area (Å²) < 4.78 is 0. The zero-order valence-corrected chi connectivity index (χ0v) is 20.3. The quantitative estimate of drug-likeness (QED) is 0.307. The summed E-state index contributed by atoms with van der Waals surface area (Å²) in [6, 6.07) is 6.32. The molecule has 6 rings (SSSR count). The van der Waals surface area contributed by atoms with Crippen LogP contribution in [0.1, 0.15) is 53.2 Å². The molecule has 3 aliphatic rings. The molecule has 2 aliphatic heterocycles. The van der Waals surface area contributed by atoms with E-state index in [4.69, 9.17) is 0 Å². The molecule has 2 aromatic heterocycles. The molecule has 2 N–H and O–H groups in total. The van der Waals surface area contributed by atoms with E-state index in [1.54, 1.807) is 18.2 Å². The van der Waals surface area contributed by atoms with E-state index in [1.165, 1.54) is 28.8 Å². The van der Waals surface area contributed by atoms with Crippen LogP contribution < -0.4 is 10.6 Å². The lowest BCUT2D eigenvalue weighted by Crippen LogP contribution is -2.52. The molecule has 37 heavy (non-hydrogen) atoms. The van der Waals surface area contributed by atoms with Gasteiger partial charge in [-0.2, -0.15) is 0 Å². The minimum Gasteiger partial charge on any atom is -0.361 e. The molecule has 11 heteroatoms. The van der Waals surface area contributed by atoms with Crippen molar-refractivity contribution in [1.82, 2.24) is 20.2 Å². The fraction of sp³-hybridized carbons (Fsp3) is 0.269. The van der Waals surface area contributed by atoms with Gasteiger partial charge in [0.25, 0.3) is 5.91 Å². The standard InChI is InChI=1S/C26H21N5O5S/c32-20-8-13(23-15-6-7-37-25(15)29-12-28-23)9-21(33)16(20)10-27-18-3-1-2-14-17(18)11-31(26(14)36)19-4-5-22(34)30-24(19)35/h1-3,6-7,10,12-13,19,27H,4-5,8-9,11H2,(H,30,34,35). The minimum atomic E-state index is -0.723. The first-order valence-electron chi connectivity index (χ1n) is 11.9. The molecule has 1 atom stereocenters. The Morgan fingerprint density at radius 3 is 2.65 bits per heavy atom. The summed E-state index contributed by atoms with van der Waals surface area (Å²) in [4.78, 5) is 73.7. The van der Waals surface area contributed by atoms with Gasteiger partial charge in [-0.25, -0.2) is 9.97 Å². The van der Waals surface area contributed by atoms with Crippen LogP contribution in [0.15, 0.2) is 47.7 Å². The van der Waals surface area contributed by atoms with Crippen molar-refractivity contribution in [3.05, 3.63) is 64.6 Å². The number of hydrogen-bond acceptors (Lipinski definition) is 9. The van der Waals surface area contributed by atoms with E-state index in [0.29, 0.717) is 22.5 Å². The normalized spacial score (nSPS) is 21.9. The minimum absolute atomic E-state index is 0.0795. The van der Waals surface area contributed by atoms with Crippen molar-refractivity contribution >= 4 is 56.5 Å². The molecule has 2 fully saturated rings. The van der Waals surface area contributed by atoms with Gasteiger partial charge in [0.15, 0.2) is 11.6 Å². The lowest BCUT2D eigenvalue weighted by atomic mass is 9.81. The topological polar surface area (TPSA) is 138 Å². The summed E-state index contributed by atoms with van der Waals surface area (Å²) in [5, 5.41) is 8.13. The molecule has 0 spiro atoms. The predicted octanol–water partition coefficient (Wildman–Crippen LogP) is 2.46. The van der Waals surface area contributed by atoms with E-state index in [9.17, 15) is 24.0 Å². The van der Waals surface area contributed by atoms with Gasteiger partial charge in [-0.1, -0.05) is 6.07 Å². The zero-order valence-electron chi connectivity index (χ0n) is 19.5. The smallest absolute Gasteiger partial charge is 0.255 e. The maximum Gasteiger partial charge on any atom is 0.255 e. The number of thiophene rings is 1. The van der Waals surface area contributed by atoms with Gasteiger partial charge in [0, 0.05) is 60.1 Å². The summed E-state index contributed by atoms with van der Waals surface area (Å²) in [5.74, 6) is -1.97. The van der Waals surface area contributed by atoms with Gasteiger partial charge in [0.2, 0.25) is 11.8 Å². The van der Waals surface area contributed by atoms with E-state index in [0.717, 1.165) is 10.2 Å². The van der Waals surface area contributed by atoms with Gasteiger partial charge in [-0.15, -0.1) is 11.3 Å². The second-order valence-corrected chi connectivity index (χ2v) is 10.2. The number of carbonyl (C=O) groups is 5. The molecule has 1 aliphatic carbocycles. The number of fused-ring (bicyclic) bond motifs is 2. The summed E-state index contributed by atoms with van der Waals surface area (Å²) in [6.45, 7) is 0.182. The number of nitrogens with one attached hydrogen (secondary N) is 2. The monoisotopic (exact) mass is 515 g/mol. The number of imide groups is 1. The van der Waals surface area contributed by atoms with Crippen molar-refractivity contribution in [3.8, 4) is 0 Å². The summed E-state index contributed by atoms with van der Waals surface area (Å²) in [6.07, 6.45) is 3.64. The number of hydrogen-bond donors (Lipinski definition) is 2. The van der Waals surface area contributed by atoms with Gasteiger partial charge < -0.3 is 10.2 Å². The van der Waals surface area contributed by atoms with Crippen LogP contribution >= 0.6 is 11.3 Å². The maximum atomic E-state index is 13.0. The van der Waals surface area contributed by atoms with Gasteiger partial charge in [-0.3, -0.25) is 29.3 Å². The second kappa shape index (κ2) is 9.00. The van der Waals surface area contributed by atoms with Crippen molar-refractivity contribution in [2.75, 3.05) is 5.32 Å². The molecule has 1 saturated carbocycles. The molecule has 1 unspecified atom stereocenters. The van der Waals surface area contributed by atoms with Crippen molar-refractivity contribution in [2.24, 2.45) is 0 Å². The third-order valence-electron chi connectivity index (χ3n) is 7.10. The molecule has 3 amide bonds. The maximum absolute atomic E-state index is 13.0. The Balaban J connectivity index is 1.21. The fourth-order valence-electron chi connectivity index (χ4n) is 5.25. The number of aromatic nitrogens is 2. The van der Waals surface area contributed by atoms with Crippen LogP contribution in [0.5, 0.6) is 0 Å². The molecule has 0 bridgehead atoms. The number of benzene rings is 1. The Bertz CT molecular complexity index is 1520. The van der Waals surface area contributed by atoms with E-state index in [2.05, 4.69) is 20.6 Å². The number of Topliss-reactive ketones (excluding diaryl/α,β-unsaturated/α-hetero) is 2. The third-order valence-corrected chi connectivity index (χ3v) is 7.92. The first-order chi connectivity index (χ1) is 17.9. The number of carbonyl (C=O) groups excluding carboxylic acids is 5. The lowest BCUT2D eigenvalue weighted by Gasteiger charge is -2.29. The molecule has 4 heterocycles. The van der Waals surface area contributed by atoms with Gasteiger partial charge in [0.1, 0.15) is 17.2 Å². The highest BCUT2D eigenvalue weighted by molar-refractivity contribution is 7.16. The van der Waals surface area contributed by atoms with Crippen LogP contribution in [0, 0.1) is 0 Å². The predicted molar refractivity (Wildman–Crippen MR) is 134 cm³/mol. The van der Waals surface area contributed by atoms with E-state index in [1.807, 2.05) is 11.4 Å². The number of rotatable bonds is 4. The largest absolute Gasteiger partial charge is 0.361 e. The van der Waals surface area contributed by atoms with Crippen LogP contribution in [-0.2, 0) is 25.7 Å². The molecule has 0 radical (unpaired) electrons. The molecule has 10 nitrogen and oxygen atoms in total. The Morgan fingerprint density at radius 1 is 1.05 bits per heavy atom. The Kier molecular flexibility index (Phi) is 5.64. The Hall–Kier alpha value is -4.25. The van der Waals surface area contributed by atoms with Crippen LogP contribution in [0.4, 0.5) is 5.69 Å². The number of ketones is 2. The van der Waals surface area contributed by atoms with Gasteiger partial charge in [-0.05, 0) is 30.0 Å². The summed E-state index contributed by atoms with van der Waals surface area (Å²) in [7, 11) is 0. The van der Waals surface area contributed by atoms with Crippen LogP contribution in [0.2, 0.25) is 0 Å². The lowest BCUT2D eigenvalue weighted by molar-refractivity contribution is -0.137. The summed E-state index contributed by atoms with van der Waals surface area (Å²) in [5.41, 5.74) is 2.48. The molecular weight excluding hydrogens is 494 g/mol. The molecular formula is C26H21N5O5S. The first-order valence-corrected chi connectivity index (χ1v) is 12.8. The number of allylic oxidation sites excluding steroid dienone is 1. The molecule has 1 aromatic carbocycles. The van der Waals surface area contributed by atoms with E-state index in [-0.39, 0.29) is 67.1 Å². The number of nitrogens with zero attached hydrogens (tertiary/aromatic N) is 3. The van der Waals surface area contributed by atoms with E-state index >= 15 is 0 Å². The molecule has 1 saturated heterocycles.